The number of hydrogen-bond acceptors (Lipinski definition) is 4. The van der Waals surface area contributed by atoms with Gasteiger partial charge in [0.15, 0.2) is 5.78 Å². The molecule has 0 amide bonds. The lowest BCUT2D eigenvalue weighted by atomic mass is 10.0. The Kier molecular flexibility index (Phi) is 5.83. The Morgan fingerprint density at radius 2 is 2.18 bits per heavy atom. The van der Waals surface area contributed by atoms with Gasteiger partial charge in [-0.05, 0) is 58.4 Å². The van der Waals surface area contributed by atoms with Crippen molar-refractivity contribution < 1.29 is 9.53 Å². The first kappa shape index (κ1) is 16.8. The maximum absolute atomic E-state index is 12.4. The quantitative estimate of drug-likeness (QED) is 0.645. The van der Waals surface area contributed by atoms with Crippen LogP contribution in [0.25, 0.3) is 0 Å². The fourth-order valence-corrected chi connectivity index (χ4v) is 2.96. The van der Waals surface area contributed by atoms with Gasteiger partial charge in [-0.1, -0.05) is 6.42 Å². The second kappa shape index (κ2) is 7.63. The molecule has 1 saturated heterocycles. The highest BCUT2D eigenvalue weighted by atomic mass is 16.5. The third-order valence-electron chi connectivity index (χ3n) is 4.26. The van der Waals surface area contributed by atoms with E-state index in [1.165, 1.54) is 19.3 Å². The molecule has 1 heterocycles. The number of anilines is 1. The minimum absolute atomic E-state index is 0.0736. The molecule has 0 saturated carbocycles. The van der Waals surface area contributed by atoms with Crippen molar-refractivity contribution in [1.29, 1.82) is 0 Å². The first-order valence-corrected chi connectivity index (χ1v) is 8.31. The zero-order valence-corrected chi connectivity index (χ0v) is 14.0. The fraction of sp³-hybridized carbons (Fsp3) is 0.611. The largest absolute Gasteiger partial charge is 0.489 e. The number of nitrogens with two attached hydrogens (primary N) is 1. The predicted octanol–water partition coefficient (Wildman–Crippen LogP) is 3.50. The van der Waals surface area contributed by atoms with Gasteiger partial charge in [-0.2, -0.15) is 0 Å². The van der Waals surface area contributed by atoms with Gasteiger partial charge in [-0.15, -0.1) is 0 Å². The van der Waals surface area contributed by atoms with Crippen molar-refractivity contribution in [3.8, 4) is 5.75 Å². The number of hydrogen-bond donors (Lipinski definition) is 1. The van der Waals surface area contributed by atoms with Crippen molar-refractivity contribution >= 4 is 11.5 Å². The van der Waals surface area contributed by atoms with Gasteiger partial charge in [0.2, 0.25) is 0 Å². The van der Waals surface area contributed by atoms with Crippen LogP contribution in [0.5, 0.6) is 5.75 Å². The number of benzene rings is 1. The van der Waals surface area contributed by atoms with Crippen molar-refractivity contribution in [2.24, 2.45) is 0 Å². The summed E-state index contributed by atoms with van der Waals surface area (Å²) < 4.78 is 5.60. The summed E-state index contributed by atoms with van der Waals surface area (Å²) in [6.45, 7) is 8.11. The Hall–Kier alpha value is -1.55. The third-order valence-corrected chi connectivity index (χ3v) is 4.26. The predicted molar refractivity (Wildman–Crippen MR) is 90.5 cm³/mol. The van der Waals surface area contributed by atoms with Gasteiger partial charge in [0, 0.05) is 24.6 Å². The first-order valence-electron chi connectivity index (χ1n) is 8.31. The van der Waals surface area contributed by atoms with Crippen LogP contribution in [0.2, 0.25) is 0 Å². The Labute approximate surface area is 133 Å². The molecule has 2 N–H and O–H groups in total. The average molecular weight is 304 g/mol. The SMILES string of the molecule is CC(C)Oc1ccc(C(=O)CCN2CCCCC2C)cc1N. The van der Waals surface area contributed by atoms with E-state index in [1.54, 1.807) is 12.1 Å². The van der Waals surface area contributed by atoms with E-state index in [0.717, 1.165) is 13.1 Å². The van der Waals surface area contributed by atoms with Crippen LogP contribution in [0.15, 0.2) is 18.2 Å². The van der Waals surface area contributed by atoms with E-state index in [0.29, 0.717) is 29.5 Å². The molecule has 1 fully saturated rings. The molecule has 0 radical (unpaired) electrons. The fourth-order valence-electron chi connectivity index (χ4n) is 2.96. The summed E-state index contributed by atoms with van der Waals surface area (Å²) in [5.74, 6) is 0.803. The molecule has 22 heavy (non-hydrogen) atoms. The summed E-state index contributed by atoms with van der Waals surface area (Å²) in [5.41, 5.74) is 7.19. The Bertz CT molecular complexity index is 514. The topological polar surface area (TPSA) is 55.6 Å². The van der Waals surface area contributed by atoms with Crippen LogP contribution in [-0.2, 0) is 0 Å². The number of rotatable bonds is 6. The number of carbonyl (C=O) groups excluding carboxylic acids is 1. The van der Waals surface area contributed by atoms with Crippen molar-refractivity contribution in [2.45, 2.75) is 58.6 Å². The number of ether oxygens (including phenoxy) is 1. The van der Waals surface area contributed by atoms with Crippen LogP contribution in [0.4, 0.5) is 5.69 Å². The molecule has 0 aliphatic carbocycles. The van der Waals surface area contributed by atoms with Gasteiger partial charge < -0.3 is 15.4 Å². The second-order valence-electron chi connectivity index (χ2n) is 6.47. The summed E-state index contributed by atoms with van der Waals surface area (Å²) in [6, 6.07) is 5.94. The van der Waals surface area contributed by atoms with Gasteiger partial charge >= 0.3 is 0 Å². The van der Waals surface area contributed by atoms with Crippen LogP contribution in [0.1, 0.15) is 56.8 Å². The summed E-state index contributed by atoms with van der Waals surface area (Å²) >= 11 is 0. The van der Waals surface area contributed by atoms with E-state index >= 15 is 0 Å². The molecule has 1 unspecified atom stereocenters. The van der Waals surface area contributed by atoms with Gasteiger partial charge in [-0.3, -0.25) is 4.79 Å². The smallest absolute Gasteiger partial charge is 0.164 e. The summed E-state index contributed by atoms with van der Waals surface area (Å²) in [4.78, 5) is 14.8. The molecule has 1 aromatic rings. The standard InChI is InChI=1S/C18H28N2O2/c1-13(2)22-18-8-7-15(12-16(18)19)17(21)9-11-20-10-5-4-6-14(20)3/h7-8,12-14H,4-6,9-11,19H2,1-3H3. The monoisotopic (exact) mass is 304 g/mol. The molecular weight excluding hydrogens is 276 g/mol. The maximum Gasteiger partial charge on any atom is 0.164 e. The molecule has 122 valence electrons. The number of ketones is 1. The molecule has 4 nitrogen and oxygen atoms in total. The normalized spacial score (nSPS) is 19.4. The van der Waals surface area contributed by atoms with Crippen molar-refractivity contribution in [3.63, 3.8) is 0 Å². The van der Waals surface area contributed by atoms with Crippen LogP contribution in [0, 0.1) is 0 Å². The second-order valence-corrected chi connectivity index (χ2v) is 6.47. The molecule has 0 aromatic heterocycles. The van der Waals surface area contributed by atoms with E-state index in [-0.39, 0.29) is 11.9 Å². The summed E-state index contributed by atoms with van der Waals surface area (Å²) in [7, 11) is 0. The van der Waals surface area contributed by atoms with Gasteiger partial charge in [-0.25, -0.2) is 0 Å². The molecule has 4 heteroatoms. The highest BCUT2D eigenvalue weighted by Gasteiger charge is 2.19. The van der Waals surface area contributed by atoms with Crippen LogP contribution < -0.4 is 10.5 Å². The lowest BCUT2D eigenvalue weighted by Crippen LogP contribution is -2.38. The number of nitrogen functional groups attached to an aromatic ring is 1. The van der Waals surface area contributed by atoms with E-state index in [2.05, 4.69) is 11.8 Å². The number of carbonyl (C=O) groups is 1. The minimum atomic E-state index is 0.0736. The van der Waals surface area contributed by atoms with Crippen molar-refractivity contribution in [2.75, 3.05) is 18.8 Å². The van der Waals surface area contributed by atoms with Crippen molar-refractivity contribution in [3.05, 3.63) is 23.8 Å². The molecule has 1 aliphatic heterocycles. The molecule has 0 spiro atoms. The van der Waals surface area contributed by atoms with E-state index in [4.69, 9.17) is 10.5 Å². The highest BCUT2D eigenvalue weighted by molar-refractivity contribution is 5.97. The molecular formula is C18H28N2O2. The van der Waals surface area contributed by atoms with Gasteiger partial charge in [0.25, 0.3) is 0 Å². The van der Waals surface area contributed by atoms with Crippen molar-refractivity contribution in [1.82, 2.24) is 4.90 Å². The van der Waals surface area contributed by atoms with Crippen LogP contribution >= 0.6 is 0 Å². The Morgan fingerprint density at radius 1 is 1.41 bits per heavy atom. The maximum atomic E-state index is 12.4. The minimum Gasteiger partial charge on any atom is -0.489 e. The van der Waals surface area contributed by atoms with Crippen LogP contribution in [-0.4, -0.2) is 35.9 Å². The lowest BCUT2D eigenvalue weighted by Gasteiger charge is -2.33. The van der Waals surface area contributed by atoms with E-state index in [1.807, 2.05) is 19.9 Å². The number of Topliss-reactive ketones (excluding diaryl/α,β-unsaturated/α-hetero) is 1. The highest BCUT2D eigenvalue weighted by Crippen LogP contribution is 2.24. The van der Waals surface area contributed by atoms with E-state index < -0.39 is 0 Å². The van der Waals surface area contributed by atoms with Gasteiger partial charge in [0.05, 0.1) is 11.8 Å². The first-order chi connectivity index (χ1) is 10.5. The Morgan fingerprint density at radius 3 is 2.82 bits per heavy atom. The van der Waals surface area contributed by atoms with Crippen LogP contribution in [0.3, 0.4) is 0 Å². The average Bonchev–Trinajstić information content (AvgIpc) is 2.48. The molecule has 2 rings (SSSR count). The number of nitrogens with zero attached hydrogens (tertiary/aromatic N) is 1. The number of piperidine rings is 1. The number of likely N-dealkylation sites (tertiary alicyclic amines) is 1. The molecule has 1 atom stereocenters. The lowest BCUT2D eigenvalue weighted by molar-refractivity contribution is 0.0935. The molecule has 1 aliphatic rings. The zero-order chi connectivity index (χ0) is 16.1. The zero-order valence-electron chi connectivity index (χ0n) is 14.0. The van der Waals surface area contributed by atoms with E-state index in [9.17, 15) is 4.79 Å². The summed E-state index contributed by atoms with van der Waals surface area (Å²) in [6.07, 6.45) is 4.41. The Balaban J connectivity index is 1.93. The third kappa shape index (κ3) is 4.47. The summed E-state index contributed by atoms with van der Waals surface area (Å²) in [5, 5.41) is 0. The molecule has 1 aromatic carbocycles. The molecule has 0 bridgehead atoms. The van der Waals surface area contributed by atoms with Gasteiger partial charge in [0.1, 0.15) is 5.75 Å².